The van der Waals surface area contributed by atoms with Crippen molar-refractivity contribution in [2.24, 2.45) is 0 Å². The zero-order valence-corrected chi connectivity index (χ0v) is 25.1. The lowest BCUT2D eigenvalue weighted by molar-refractivity contribution is -0.127. The third-order valence-corrected chi connectivity index (χ3v) is 8.26. The molecule has 0 spiro atoms. The number of thioether (sulfide) groups is 1. The Morgan fingerprint density at radius 1 is 1.00 bits per heavy atom. The number of carbonyl (C=O) groups excluding carboxylic acids is 3. The number of imide groups is 1. The van der Waals surface area contributed by atoms with Gasteiger partial charge in [-0.1, -0.05) is 48.5 Å². The summed E-state index contributed by atoms with van der Waals surface area (Å²) in [6.07, 6.45) is 1.61. The first-order chi connectivity index (χ1) is 19.7. The second-order valence-corrected chi connectivity index (χ2v) is 11.4. The molecule has 4 aromatic carbocycles. The minimum atomic E-state index is -0.526. The number of halogens is 1. The molecule has 41 heavy (non-hydrogen) atoms. The molecule has 1 saturated heterocycles. The maximum Gasteiger partial charge on any atom is 0.294 e. The molecule has 1 aliphatic heterocycles. The van der Waals surface area contributed by atoms with E-state index < -0.39 is 17.1 Å². The predicted octanol–water partition coefficient (Wildman–Crippen LogP) is 7.48. The van der Waals surface area contributed by atoms with Gasteiger partial charge in [-0.05, 0) is 105 Å². The number of nitrogens with one attached hydrogen (secondary N) is 1. The molecule has 0 unspecified atom stereocenters. The van der Waals surface area contributed by atoms with Crippen LogP contribution in [-0.2, 0) is 16.2 Å². The minimum absolute atomic E-state index is 0.215. The van der Waals surface area contributed by atoms with Crippen LogP contribution in [-0.4, -0.2) is 35.6 Å². The molecular formula is C32H27BrN2O5S. The topological polar surface area (TPSA) is 84.9 Å². The van der Waals surface area contributed by atoms with E-state index in [0.29, 0.717) is 33.8 Å². The van der Waals surface area contributed by atoms with Gasteiger partial charge >= 0.3 is 0 Å². The monoisotopic (exact) mass is 630 g/mol. The fourth-order valence-corrected chi connectivity index (χ4v) is 5.89. The molecule has 5 rings (SSSR count). The first-order valence-corrected chi connectivity index (χ1v) is 14.4. The second-order valence-electron chi connectivity index (χ2n) is 9.58. The second kappa shape index (κ2) is 12.2. The molecule has 1 aliphatic rings. The zero-order valence-electron chi connectivity index (χ0n) is 22.7. The van der Waals surface area contributed by atoms with Crippen LogP contribution in [0, 0.1) is 13.8 Å². The van der Waals surface area contributed by atoms with Crippen molar-refractivity contribution in [2.75, 3.05) is 19.0 Å². The zero-order chi connectivity index (χ0) is 29.1. The van der Waals surface area contributed by atoms with E-state index in [4.69, 9.17) is 9.47 Å². The molecule has 0 atom stereocenters. The summed E-state index contributed by atoms with van der Waals surface area (Å²) >= 11 is 4.36. The van der Waals surface area contributed by atoms with Gasteiger partial charge in [-0.2, -0.15) is 0 Å². The van der Waals surface area contributed by atoms with E-state index in [0.717, 1.165) is 44.1 Å². The SMILES string of the molecule is COc1cc(/C=C2/SC(=O)N(CC(=O)Nc3ccc(C)c(C)c3)C2=O)cc(Br)c1OCc1cccc2ccccc12. The third kappa shape index (κ3) is 6.31. The maximum atomic E-state index is 13.0. The number of aryl methyl sites for hydroxylation is 2. The quantitative estimate of drug-likeness (QED) is 0.203. The third-order valence-electron chi connectivity index (χ3n) is 6.77. The lowest BCUT2D eigenvalue weighted by Crippen LogP contribution is -2.36. The van der Waals surface area contributed by atoms with Gasteiger partial charge in [0.25, 0.3) is 11.1 Å². The van der Waals surface area contributed by atoms with Gasteiger partial charge in [0.05, 0.1) is 16.5 Å². The van der Waals surface area contributed by atoms with Crippen LogP contribution in [0.5, 0.6) is 11.5 Å². The van der Waals surface area contributed by atoms with Crippen LogP contribution < -0.4 is 14.8 Å². The van der Waals surface area contributed by atoms with Crippen molar-refractivity contribution < 1.29 is 23.9 Å². The van der Waals surface area contributed by atoms with E-state index in [9.17, 15) is 14.4 Å². The molecule has 7 nitrogen and oxygen atoms in total. The number of hydrogen-bond acceptors (Lipinski definition) is 6. The van der Waals surface area contributed by atoms with Crippen molar-refractivity contribution in [3.63, 3.8) is 0 Å². The van der Waals surface area contributed by atoms with E-state index in [2.05, 4.69) is 39.4 Å². The molecule has 208 valence electrons. The van der Waals surface area contributed by atoms with Crippen LogP contribution >= 0.6 is 27.7 Å². The number of rotatable bonds is 8. The largest absolute Gasteiger partial charge is 0.493 e. The summed E-state index contributed by atoms with van der Waals surface area (Å²) in [6.45, 7) is 3.89. The van der Waals surface area contributed by atoms with Crippen LogP contribution in [0.1, 0.15) is 22.3 Å². The Hall–Kier alpha value is -4.08. The number of anilines is 1. The standard InChI is InChI=1S/C32H27BrN2O5S/c1-19-11-12-24(13-20(19)2)34-29(36)17-35-31(37)28(41-32(35)38)16-21-14-26(33)30(27(15-21)39-3)40-18-23-9-6-8-22-7-4-5-10-25(22)23/h4-16H,17-18H2,1-3H3,(H,34,36)/b28-16+. The smallest absolute Gasteiger partial charge is 0.294 e. The highest BCUT2D eigenvalue weighted by molar-refractivity contribution is 9.10. The number of hydrogen-bond donors (Lipinski definition) is 1. The van der Waals surface area contributed by atoms with Crippen LogP contribution in [0.3, 0.4) is 0 Å². The van der Waals surface area contributed by atoms with Gasteiger partial charge in [0.15, 0.2) is 11.5 Å². The van der Waals surface area contributed by atoms with Crippen LogP contribution in [0.4, 0.5) is 10.5 Å². The Morgan fingerprint density at radius 3 is 2.56 bits per heavy atom. The lowest BCUT2D eigenvalue weighted by atomic mass is 10.1. The highest BCUT2D eigenvalue weighted by atomic mass is 79.9. The molecule has 0 aliphatic carbocycles. The predicted molar refractivity (Wildman–Crippen MR) is 166 cm³/mol. The Morgan fingerprint density at radius 2 is 1.78 bits per heavy atom. The Labute approximate surface area is 250 Å². The minimum Gasteiger partial charge on any atom is -0.493 e. The van der Waals surface area contributed by atoms with Gasteiger partial charge in [-0.15, -0.1) is 0 Å². The van der Waals surface area contributed by atoms with Crippen molar-refractivity contribution in [1.29, 1.82) is 0 Å². The average molecular weight is 632 g/mol. The summed E-state index contributed by atoms with van der Waals surface area (Å²) < 4.78 is 12.4. The van der Waals surface area contributed by atoms with Crippen molar-refractivity contribution >= 4 is 67.3 Å². The van der Waals surface area contributed by atoms with E-state index in [1.165, 1.54) is 0 Å². The first kappa shape index (κ1) is 28.4. The number of nitrogens with zero attached hydrogens (tertiary/aromatic N) is 1. The Kier molecular flexibility index (Phi) is 8.46. The van der Waals surface area contributed by atoms with E-state index >= 15 is 0 Å². The van der Waals surface area contributed by atoms with Gasteiger partial charge in [0.2, 0.25) is 5.91 Å². The Bertz CT molecular complexity index is 1710. The van der Waals surface area contributed by atoms with E-state index in [1.54, 1.807) is 31.4 Å². The number of ether oxygens (including phenoxy) is 2. The number of methoxy groups -OCH3 is 1. The summed E-state index contributed by atoms with van der Waals surface area (Å²) in [5.41, 5.74) is 4.42. The summed E-state index contributed by atoms with van der Waals surface area (Å²) in [4.78, 5) is 39.4. The molecule has 4 aromatic rings. The van der Waals surface area contributed by atoms with Gasteiger partial charge < -0.3 is 14.8 Å². The molecule has 0 radical (unpaired) electrons. The Balaban J connectivity index is 1.30. The summed E-state index contributed by atoms with van der Waals surface area (Å²) in [5.74, 6) is 0.0158. The van der Waals surface area contributed by atoms with Crippen molar-refractivity contribution in [3.8, 4) is 11.5 Å². The summed E-state index contributed by atoms with van der Waals surface area (Å²) in [6, 6.07) is 23.3. The van der Waals surface area contributed by atoms with Gasteiger partial charge in [0.1, 0.15) is 13.2 Å². The van der Waals surface area contributed by atoms with E-state index in [1.807, 2.05) is 50.2 Å². The molecule has 1 heterocycles. The summed E-state index contributed by atoms with van der Waals surface area (Å²) in [5, 5.41) is 4.49. The molecule has 1 N–H and O–H groups in total. The van der Waals surface area contributed by atoms with Crippen LogP contribution in [0.2, 0.25) is 0 Å². The van der Waals surface area contributed by atoms with Crippen molar-refractivity contribution in [2.45, 2.75) is 20.5 Å². The molecule has 3 amide bonds. The van der Waals surface area contributed by atoms with Gasteiger partial charge in [-0.25, -0.2) is 0 Å². The summed E-state index contributed by atoms with van der Waals surface area (Å²) in [7, 11) is 1.54. The number of benzene rings is 4. The first-order valence-electron chi connectivity index (χ1n) is 12.8. The molecule has 0 bridgehead atoms. The van der Waals surface area contributed by atoms with Crippen LogP contribution in [0.15, 0.2) is 82.2 Å². The molecular weight excluding hydrogens is 604 g/mol. The molecule has 0 aromatic heterocycles. The fraction of sp³-hybridized carbons (Fsp3) is 0.156. The number of amides is 3. The molecule has 0 saturated carbocycles. The van der Waals surface area contributed by atoms with E-state index in [-0.39, 0.29) is 11.4 Å². The highest BCUT2D eigenvalue weighted by Gasteiger charge is 2.36. The fourth-order valence-electron chi connectivity index (χ4n) is 4.48. The van der Waals surface area contributed by atoms with Crippen molar-refractivity contribution in [1.82, 2.24) is 4.90 Å². The van der Waals surface area contributed by atoms with Crippen LogP contribution in [0.25, 0.3) is 16.8 Å². The lowest BCUT2D eigenvalue weighted by Gasteiger charge is -2.15. The molecule has 9 heteroatoms. The number of carbonyl (C=O) groups is 3. The van der Waals surface area contributed by atoms with Crippen molar-refractivity contribution in [3.05, 3.63) is 104 Å². The number of fused-ring (bicyclic) bond motifs is 1. The maximum absolute atomic E-state index is 13.0. The normalized spacial score (nSPS) is 14.1. The highest BCUT2D eigenvalue weighted by Crippen LogP contribution is 2.40. The van der Waals surface area contributed by atoms with Gasteiger partial charge in [0, 0.05) is 5.69 Å². The average Bonchev–Trinajstić information content (AvgIpc) is 3.21. The molecule has 1 fully saturated rings. The van der Waals surface area contributed by atoms with Gasteiger partial charge in [-0.3, -0.25) is 19.3 Å².